The molecule has 0 aromatic carbocycles. The van der Waals surface area contributed by atoms with Gasteiger partial charge >= 0.3 is 5.97 Å². The second kappa shape index (κ2) is 4.77. The summed E-state index contributed by atoms with van der Waals surface area (Å²) in [6.45, 7) is 1.79. The first-order valence-corrected chi connectivity index (χ1v) is 4.55. The Hall–Kier alpha value is -1.35. The molecule has 0 bridgehead atoms. The highest BCUT2D eigenvalue weighted by Crippen LogP contribution is 2.13. The lowest BCUT2D eigenvalue weighted by atomic mass is 10.1. The molecule has 1 heterocycles. The molecule has 3 nitrogen and oxygen atoms in total. The summed E-state index contributed by atoms with van der Waals surface area (Å²) >= 11 is 5.71. The molecule has 1 rings (SSSR count). The number of pyridine rings is 1. The normalized spacial score (nSPS) is 11.4. The van der Waals surface area contributed by atoms with E-state index in [1.54, 1.807) is 25.3 Å². The maximum absolute atomic E-state index is 10.7. The fourth-order valence-electron chi connectivity index (χ4n) is 1.02. The Bertz CT molecular complexity index is 374. The number of hydrogen-bond donors (Lipinski definition) is 1. The number of halogens is 1. The van der Waals surface area contributed by atoms with Crippen molar-refractivity contribution in [3.05, 3.63) is 34.6 Å². The fourth-order valence-corrected chi connectivity index (χ4v) is 1.21. The molecule has 0 aliphatic carbocycles. The number of aliphatic carboxylic acids is 1. The fraction of sp³-hybridized carbons (Fsp3) is 0.200. The van der Waals surface area contributed by atoms with Crippen molar-refractivity contribution in [2.45, 2.75) is 13.3 Å². The summed E-state index contributed by atoms with van der Waals surface area (Å²) in [5.41, 5.74) is 1.05. The Labute approximate surface area is 87.0 Å². The van der Waals surface area contributed by atoms with Gasteiger partial charge in [-0.2, -0.15) is 0 Å². The van der Waals surface area contributed by atoms with Crippen molar-refractivity contribution in [1.29, 1.82) is 0 Å². The van der Waals surface area contributed by atoms with Gasteiger partial charge < -0.3 is 5.11 Å². The number of carbonyl (C=O) groups is 1. The van der Waals surface area contributed by atoms with E-state index in [1.807, 2.05) is 0 Å². The molecule has 1 N–H and O–H groups in total. The van der Waals surface area contributed by atoms with Gasteiger partial charge in [0.05, 0.1) is 5.02 Å². The molecule has 1 aromatic rings. The molecular weight excluding hydrogens is 202 g/mol. The van der Waals surface area contributed by atoms with E-state index in [2.05, 4.69) is 4.98 Å². The molecule has 0 saturated heterocycles. The van der Waals surface area contributed by atoms with E-state index >= 15 is 0 Å². The first kappa shape index (κ1) is 10.7. The number of hydrogen-bond acceptors (Lipinski definition) is 2. The van der Waals surface area contributed by atoms with E-state index < -0.39 is 5.97 Å². The van der Waals surface area contributed by atoms with Gasteiger partial charge in [-0.3, -0.25) is 4.98 Å². The molecule has 0 aliphatic rings. The molecule has 4 heteroatoms. The van der Waals surface area contributed by atoms with Crippen molar-refractivity contribution in [3.63, 3.8) is 0 Å². The van der Waals surface area contributed by atoms with Crippen LogP contribution in [0, 0.1) is 0 Å². The Morgan fingerprint density at radius 2 is 2.36 bits per heavy atom. The van der Waals surface area contributed by atoms with E-state index in [1.165, 1.54) is 6.20 Å². The van der Waals surface area contributed by atoms with Crippen LogP contribution in [0.2, 0.25) is 5.02 Å². The van der Waals surface area contributed by atoms with Crippen molar-refractivity contribution in [1.82, 2.24) is 4.98 Å². The maximum atomic E-state index is 10.7. The van der Waals surface area contributed by atoms with Gasteiger partial charge in [0.1, 0.15) is 0 Å². The zero-order chi connectivity index (χ0) is 10.6. The average molecular weight is 212 g/mol. The molecule has 74 valence electrons. The zero-order valence-electron chi connectivity index (χ0n) is 7.70. The summed E-state index contributed by atoms with van der Waals surface area (Å²) in [5.74, 6) is -0.910. The Morgan fingerprint density at radius 3 is 2.86 bits per heavy atom. The summed E-state index contributed by atoms with van der Waals surface area (Å²) in [7, 11) is 0. The standard InChI is InChI=1S/C10H10ClNO2/c1-2-8(10(13)14)3-7-4-9(11)6-12-5-7/h3-6H,2H2,1H3,(H,13,14). The molecule has 1 aromatic heterocycles. The van der Waals surface area contributed by atoms with Gasteiger partial charge in [-0.05, 0) is 24.1 Å². The van der Waals surface area contributed by atoms with Crippen molar-refractivity contribution in [2.75, 3.05) is 0 Å². The molecule has 14 heavy (non-hydrogen) atoms. The monoisotopic (exact) mass is 211 g/mol. The van der Waals surface area contributed by atoms with Gasteiger partial charge in [-0.25, -0.2) is 4.79 Å². The highest BCUT2D eigenvalue weighted by atomic mass is 35.5. The van der Waals surface area contributed by atoms with E-state index in [-0.39, 0.29) is 0 Å². The highest BCUT2D eigenvalue weighted by Gasteiger charge is 2.04. The van der Waals surface area contributed by atoms with E-state index in [0.29, 0.717) is 22.6 Å². The van der Waals surface area contributed by atoms with E-state index in [9.17, 15) is 4.79 Å². The Balaban J connectivity index is 3.00. The zero-order valence-corrected chi connectivity index (χ0v) is 8.45. The lowest BCUT2D eigenvalue weighted by molar-refractivity contribution is -0.132. The minimum Gasteiger partial charge on any atom is -0.478 e. The highest BCUT2D eigenvalue weighted by molar-refractivity contribution is 6.30. The van der Waals surface area contributed by atoms with Crippen LogP contribution in [0.15, 0.2) is 24.0 Å². The Kier molecular flexibility index (Phi) is 3.65. The van der Waals surface area contributed by atoms with Crippen molar-refractivity contribution in [3.8, 4) is 0 Å². The molecular formula is C10H10ClNO2. The van der Waals surface area contributed by atoms with Crippen molar-refractivity contribution in [2.24, 2.45) is 0 Å². The molecule has 0 fully saturated rings. The molecule has 0 spiro atoms. The first-order valence-electron chi connectivity index (χ1n) is 4.18. The second-order valence-corrected chi connectivity index (χ2v) is 3.20. The van der Waals surface area contributed by atoms with Crippen LogP contribution in [0.5, 0.6) is 0 Å². The summed E-state index contributed by atoms with van der Waals surface area (Å²) in [6, 6.07) is 1.67. The van der Waals surface area contributed by atoms with E-state index in [0.717, 1.165) is 0 Å². The topological polar surface area (TPSA) is 50.2 Å². The SMILES string of the molecule is CCC(=Cc1cncc(Cl)c1)C(=O)O. The summed E-state index contributed by atoms with van der Waals surface area (Å²) in [5, 5.41) is 9.28. The third kappa shape index (κ3) is 2.85. The number of aromatic nitrogens is 1. The molecule has 0 aliphatic heterocycles. The average Bonchev–Trinajstić information content (AvgIpc) is 2.14. The lowest BCUT2D eigenvalue weighted by Crippen LogP contribution is -1.98. The minimum atomic E-state index is -0.910. The predicted octanol–water partition coefficient (Wildman–Crippen LogP) is 2.61. The van der Waals surface area contributed by atoms with Gasteiger partial charge in [0.15, 0.2) is 0 Å². The van der Waals surface area contributed by atoms with Crippen LogP contribution in [0.4, 0.5) is 0 Å². The predicted molar refractivity (Wildman–Crippen MR) is 55.2 cm³/mol. The van der Waals surface area contributed by atoms with Crippen LogP contribution in [0.3, 0.4) is 0 Å². The van der Waals surface area contributed by atoms with Crippen molar-refractivity contribution < 1.29 is 9.90 Å². The third-order valence-electron chi connectivity index (χ3n) is 1.72. The maximum Gasteiger partial charge on any atom is 0.331 e. The van der Waals surface area contributed by atoms with Crippen LogP contribution in [0.25, 0.3) is 6.08 Å². The van der Waals surface area contributed by atoms with Crippen LogP contribution in [-0.2, 0) is 4.79 Å². The van der Waals surface area contributed by atoms with Gasteiger partial charge in [0, 0.05) is 18.0 Å². The Morgan fingerprint density at radius 1 is 1.64 bits per heavy atom. The van der Waals surface area contributed by atoms with Crippen LogP contribution in [-0.4, -0.2) is 16.1 Å². The van der Waals surface area contributed by atoms with Crippen LogP contribution < -0.4 is 0 Å². The number of nitrogens with zero attached hydrogens (tertiary/aromatic N) is 1. The summed E-state index contributed by atoms with van der Waals surface area (Å²) in [4.78, 5) is 14.6. The summed E-state index contributed by atoms with van der Waals surface area (Å²) in [6.07, 6.45) is 5.12. The molecule has 0 radical (unpaired) electrons. The molecule has 0 atom stereocenters. The summed E-state index contributed by atoms with van der Waals surface area (Å²) < 4.78 is 0. The number of carboxylic acids is 1. The second-order valence-electron chi connectivity index (χ2n) is 2.76. The third-order valence-corrected chi connectivity index (χ3v) is 1.93. The van der Waals surface area contributed by atoms with Gasteiger partial charge in [-0.1, -0.05) is 18.5 Å². The van der Waals surface area contributed by atoms with Crippen LogP contribution >= 0.6 is 11.6 Å². The lowest BCUT2D eigenvalue weighted by Gasteiger charge is -1.98. The smallest absolute Gasteiger partial charge is 0.331 e. The minimum absolute atomic E-state index is 0.342. The van der Waals surface area contributed by atoms with Gasteiger partial charge in [0.2, 0.25) is 0 Å². The number of carboxylic acid groups (broad SMARTS) is 1. The molecule has 0 unspecified atom stereocenters. The van der Waals surface area contributed by atoms with E-state index in [4.69, 9.17) is 16.7 Å². The van der Waals surface area contributed by atoms with Gasteiger partial charge in [0.25, 0.3) is 0 Å². The van der Waals surface area contributed by atoms with Crippen molar-refractivity contribution >= 4 is 23.6 Å². The number of rotatable bonds is 3. The first-order chi connectivity index (χ1) is 6.63. The van der Waals surface area contributed by atoms with Gasteiger partial charge in [-0.15, -0.1) is 0 Å². The molecule has 0 amide bonds. The quantitative estimate of drug-likeness (QED) is 0.782. The largest absolute Gasteiger partial charge is 0.478 e. The van der Waals surface area contributed by atoms with Crippen LogP contribution in [0.1, 0.15) is 18.9 Å². The molecule has 0 saturated carbocycles.